The van der Waals surface area contributed by atoms with Gasteiger partial charge in [0.15, 0.2) is 6.10 Å². The average molecular weight is 206 g/mol. The highest BCUT2D eigenvalue weighted by Gasteiger charge is 2.36. The van der Waals surface area contributed by atoms with Crippen LogP contribution < -0.4 is 0 Å². The van der Waals surface area contributed by atoms with Crippen molar-refractivity contribution >= 4 is 11.9 Å². The van der Waals surface area contributed by atoms with Gasteiger partial charge in [0.25, 0.3) is 0 Å². The Hall–Kier alpha value is -1.84. The number of hydrogen-bond acceptors (Lipinski definition) is 4. The summed E-state index contributed by atoms with van der Waals surface area (Å²) in [5, 5.41) is 0. The van der Waals surface area contributed by atoms with Crippen LogP contribution >= 0.6 is 0 Å². The van der Waals surface area contributed by atoms with Crippen molar-refractivity contribution in [1.29, 1.82) is 0 Å². The van der Waals surface area contributed by atoms with Gasteiger partial charge in [0, 0.05) is 5.56 Å². The van der Waals surface area contributed by atoms with Gasteiger partial charge in [-0.1, -0.05) is 30.3 Å². The van der Waals surface area contributed by atoms with Gasteiger partial charge in [-0.3, -0.25) is 0 Å². The highest BCUT2D eigenvalue weighted by Crippen LogP contribution is 2.24. The smallest absolute Gasteiger partial charge is 0.353 e. The molecule has 0 spiro atoms. The normalized spacial score (nSPS) is 25.7. The number of esters is 2. The van der Waals surface area contributed by atoms with Crippen LogP contribution in [-0.4, -0.2) is 18.0 Å². The second kappa shape index (κ2) is 3.73. The highest BCUT2D eigenvalue weighted by molar-refractivity contribution is 5.88. The Morgan fingerprint density at radius 3 is 2.33 bits per heavy atom. The quantitative estimate of drug-likeness (QED) is 0.648. The standard InChI is InChI=1S/C11H10O4/c1-7-10(12)15-9(11(13)14-7)8-5-3-2-4-6-8/h2-7,9H,1H3/t7-,9-/m0/s1. The molecule has 0 aromatic heterocycles. The first-order valence-corrected chi connectivity index (χ1v) is 4.64. The maximum atomic E-state index is 11.5. The van der Waals surface area contributed by atoms with Crippen molar-refractivity contribution in [1.82, 2.24) is 0 Å². The predicted octanol–water partition coefficient (Wildman–Crippen LogP) is 1.22. The SMILES string of the molecule is C[C@@H]1OC(=O)[C@H](c2ccccc2)OC1=O. The molecule has 0 aliphatic carbocycles. The zero-order valence-corrected chi connectivity index (χ0v) is 8.17. The number of cyclic esters (lactones) is 2. The molecule has 15 heavy (non-hydrogen) atoms. The monoisotopic (exact) mass is 206 g/mol. The molecule has 1 saturated heterocycles. The summed E-state index contributed by atoms with van der Waals surface area (Å²) in [7, 11) is 0. The molecule has 4 nitrogen and oxygen atoms in total. The molecular weight excluding hydrogens is 196 g/mol. The first-order valence-electron chi connectivity index (χ1n) is 4.64. The van der Waals surface area contributed by atoms with Crippen molar-refractivity contribution in [3.63, 3.8) is 0 Å². The summed E-state index contributed by atoms with van der Waals surface area (Å²) in [5.41, 5.74) is 0.628. The van der Waals surface area contributed by atoms with Gasteiger partial charge in [0.2, 0.25) is 6.10 Å². The molecule has 1 heterocycles. The Balaban J connectivity index is 2.24. The zero-order valence-electron chi connectivity index (χ0n) is 8.17. The summed E-state index contributed by atoms with van der Waals surface area (Å²) >= 11 is 0. The summed E-state index contributed by atoms with van der Waals surface area (Å²) < 4.78 is 9.84. The highest BCUT2D eigenvalue weighted by atomic mass is 16.6. The summed E-state index contributed by atoms with van der Waals surface area (Å²) in [6, 6.07) is 8.80. The molecule has 1 fully saturated rings. The molecule has 0 amide bonds. The van der Waals surface area contributed by atoms with Crippen LogP contribution in [0.2, 0.25) is 0 Å². The van der Waals surface area contributed by atoms with E-state index in [-0.39, 0.29) is 0 Å². The van der Waals surface area contributed by atoms with E-state index in [2.05, 4.69) is 0 Å². The Labute approximate surface area is 86.8 Å². The van der Waals surface area contributed by atoms with Gasteiger partial charge in [-0.2, -0.15) is 0 Å². The fourth-order valence-electron chi connectivity index (χ4n) is 1.38. The minimum Gasteiger partial charge on any atom is -0.448 e. The molecule has 2 atom stereocenters. The van der Waals surface area contributed by atoms with Crippen LogP contribution in [0.1, 0.15) is 18.6 Å². The molecule has 78 valence electrons. The van der Waals surface area contributed by atoms with Crippen LogP contribution in [0.3, 0.4) is 0 Å². The lowest BCUT2D eigenvalue weighted by atomic mass is 10.1. The molecule has 1 aliphatic rings. The van der Waals surface area contributed by atoms with Crippen molar-refractivity contribution in [2.24, 2.45) is 0 Å². The molecule has 1 aromatic rings. The van der Waals surface area contributed by atoms with Crippen LogP contribution in [0.5, 0.6) is 0 Å². The fraction of sp³-hybridized carbons (Fsp3) is 0.273. The Morgan fingerprint density at radius 2 is 1.67 bits per heavy atom. The third-order valence-electron chi connectivity index (χ3n) is 2.18. The lowest BCUT2D eigenvalue weighted by Crippen LogP contribution is -2.37. The molecule has 0 saturated carbocycles. The molecule has 0 unspecified atom stereocenters. The van der Waals surface area contributed by atoms with Gasteiger partial charge in [0.1, 0.15) is 0 Å². The van der Waals surface area contributed by atoms with Crippen LogP contribution in [0.15, 0.2) is 30.3 Å². The molecule has 2 rings (SSSR count). The van der Waals surface area contributed by atoms with Gasteiger partial charge in [0.05, 0.1) is 0 Å². The molecule has 0 radical (unpaired) electrons. The molecule has 1 aromatic carbocycles. The lowest BCUT2D eigenvalue weighted by molar-refractivity contribution is -0.194. The third kappa shape index (κ3) is 1.83. The van der Waals surface area contributed by atoms with Crippen molar-refractivity contribution < 1.29 is 19.1 Å². The number of ether oxygens (including phenoxy) is 2. The van der Waals surface area contributed by atoms with Crippen LogP contribution in [0.4, 0.5) is 0 Å². The molecule has 0 bridgehead atoms. The minimum absolute atomic E-state index is 0.511. The van der Waals surface area contributed by atoms with Gasteiger partial charge < -0.3 is 9.47 Å². The number of hydrogen-bond donors (Lipinski definition) is 0. The van der Waals surface area contributed by atoms with E-state index in [9.17, 15) is 9.59 Å². The van der Waals surface area contributed by atoms with Crippen molar-refractivity contribution in [3.8, 4) is 0 Å². The lowest BCUT2D eigenvalue weighted by Gasteiger charge is -2.25. The number of carbonyl (C=O) groups is 2. The van der Waals surface area contributed by atoms with Crippen molar-refractivity contribution in [2.45, 2.75) is 19.1 Å². The van der Waals surface area contributed by atoms with E-state index in [1.807, 2.05) is 6.07 Å². The van der Waals surface area contributed by atoms with E-state index in [0.717, 1.165) is 0 Å². The first-order chi connectivity index (χ1) is 7.18. The van der Waals surface area contributed by atoms with E-state index >= 15 is 0 Å². The van der Waals surface area contributed by atoms with E-state index in [1.165, 1.54) is 6.92 Å². The predicted molar refractivity (Wildman–Crippen MR) is 50.8 cm³/mol. The second-order valence-electron chi connectivity index (χ2n) is 3.31. The Kier molecular flexibility index (Phi) is 2.41. The average Bonchev–Trinajstić information content (AvgIpc) is 2.25. The van der Waals surface area contributed by atoms with Gasteiger partial charge in [-0.25, -0.2) is 9.59 Å². The van der Waals surface area contributed by atoms with Crippen molar-refractivity contribution in [3.05, 3.63) is 35.9 Å². The van der Waals surface area contributed by atoms with Crippen LogP contribution in [0.25, 0.3) is 0 Å². The largest absolute Gasteiger partial charge is 0.448 e. The summed E-state index contributed by atoms with van der Waals surface area (Å²) in [6.07, 6.45) is -1.73. The summed E-state index contributed by atoms with van der Waals surface area (Å²) in [6.45, 7) is 1.49. The molecule has 4 heteroatoms. The number of rotatable bonds is 1. The minimum atomic E-state index is -0.921. The van der Waals surface area contributed by atoms with Crippen LogP contribution in [0, 0.1) is 0 Å². The molecule has 1 aliphatic heterocycles. The Morgan fingerprint density at radius 1 is 1.00 bits per heavy atom. The van der Waals surface area contributed by atoms with Gasteiger partial charge >= 0.3 is 11.9 Å². The van der Waals surface area contributed by atoms with Gasteiger partial charge in [-0.15, -0.1) is 0 Å². The van der Waals surface area contributed by atoms with E-state index in [4.69, 9.17) is 9.47 Å². The van der Waals surface area contributed by atoms with E-state index < -0.39 is 24.1 Å². The third-order valence-corrected chi connectivity index (χ3v) is 2.18. The van der Waals surface area contributed by atoms with Gasteiger partial charge in [-0.05, 0) is 6.92 Å². The topological polar surface area (TPSA) is 52.6 Å². The zero-order chi connectivity index (χ0) is 10.8. The maximum absolute atomic E-state index is 11.5. The molecular formula is C11H10O4. The fourth-order valence-corrected chi connectivity index (χ4v) is 1.38. The number of benzene rings is 1. The molecule has 0 N–H and O–H groups in total. The summed E-state index contributed by atoms with van der Waals surface area (Å²) in [5.74, 6) is -1.03. The van der Waals surface area contributed by atoms with Crippen LogP contribution in [-0.2, 0) is 19.1 Å². The Bertz CT molecular complexity index is 385. The van der Waals surface area contributed by atoms with Crippen molar-refractivity contribution in [2.75, 3.05) is 0 Å². The number of carbonyl (C=O) groups excluding carboxylic acids is 2. The first kappa shape index (κ1) is 9.71. The second-order valence-corrected chi connectivity index (χ2v) is 3.31. The summed E-state index contributed by atoms with van der Waals surface area (Å²) in [4.78, 5) is 22.7. The maximum Gasteiger partial charge on any atom is 0.353 e. The van der Waals surface area contributed by atoms with E-state index in [0.29, 0.717) is 5.56 Å². The van der Waals surface area contributed by atoms with E-state index in [1.54, 1.807) is 24.3 Å².